The predicted octanol–water partition coefficient (Wildman–Crippen LogP) is 3.48. The average molecular weight is 257 g/mol. The van der Waals surface area contributed by atoms with Crippen molar-refractivity contribution in [3.05, 3.63) is 40.2 Å². The number of pyridine rings is 1. The van der Waals surface area contributed by atoms with Crippen LogP contribution >= 0.6 is 11.3 Å². The molecule has 3 aromatic rings. The van der Waals surface area contributed by atoms with E-state index in [9.17, 15) is 0 Å². The van der Waals surface area contributed by atoms with Gasteiger partial charge in [-0.2, -0.15) is 4.98 Å². The van der Waals surface area contributed by atoms with Crippen molar-refractivity contribution in [1.29, 1.82) is 0 Å². The van der Waals surface area contributed by atoms with Crippen LogP contribution in [0.15, 0.2) is 34.3 Å². The molecule has 0 bridgehead atoms. The van der Waals surface area contributed by atoms with Gasteiger partial charge in [0.1, 0.15) is 5.69 Å². The molecule has 0 fully saturated rings. The Hall–Kier alpha value is -2.01. The minimum absolute atomic E-state index is 0.522. The van der Waals surface area contributed by atoms with E-state index >= 15 is 0 Å². The molecule has 3 rings (SSSR count). The Balaban J connectivity index is 2.02. The highest BCUT2D eigenvalue weighted by Crippen LogP contribution is 2.30. The molecule has 0 unspecified atom stereocenters. The lowest BCUT2D eigenvalue weighted by Crippen LogP contribution is -1.84. The van der Waals surface area contributed by atoms with E-state index in [2.05, 4.69) is 29.0 Å². The van der Waals surface area contributed by atoms with Crippen molar-refractivity contribution < 1.29 is 4.52 Å². The summed E-state index contributed by atoms with van der Waals surface area (Å²) in [5.74, 6) is 1.08. The summed E-state index contributed by atoms with van der Waals surface area (Å²) in [4.78, 5) is 9.86. The quantitative estimate of drug-likeness (QED) is 0.705. The maximum atomic E-state index is 5.30. The molecule has 0 aliphatic heterocycles. The normalized spacial score (nSPS) is 10.8. The van der Waals surface area contributed by atoms with Crippen LogP contribution in [0.5, 0.6) is 0 Å². The fraction of sp³-hybridized carbons (Fsp3) is 0.154. The van der Waals surface area contributed by atoms with Gasteiger partial charge in [0.25, 0.3) is 5.89 Å². The molecule has 4 nitrogen and oxygen atoms in total. The van der Waals surface area contributed by atoms with Crippen LogP contribution in [0.25, 0.3) is 23.0 Å². The number of thiophene rings is 1. The Morgan fingerprint density at radius 3 is 2.78 bits per heavy atom. The molecule has 0 saturated carbocycles. The van der Waals surface area contributed by atoms with Crippen LogP contribution in [0.2, 0.25) is 0 Å². The summed E-state index contributed by atoms with van der Waals surface area (Å²) in [5.41, 5.74) is 2.92. The zero-order chi connectivity index (χ0) is 12.5. The Morgan fingerprint density at radius 2 is 2.11 bits per heavy atom. The van der Waals surface area contributed by atoms with E-state index in [4.69, 9.17) is 4.52 Å². The Kier molecular flexibility index (Phi) is 2.68. The summed E-state index contributed by atoms with van der Waals surface area (Å²) in [6.07, 6.45) is 1.71. The molecule has 0 radical (unpaired) electrons. The molecule has 5 heteroatoms. The number of aryl methyl sites for hydroxylation is 1. The van der Waals surface area contributed by atoms with Crippen molar-refractivity contribution in [2.24, 2.45) is 0 Å². The molecule has 0 saturated heterocycles. The molecule has 0 spiro atoms. The van der Waals surface area contributed by atoms with Crippen LogP contribution < -0.4 is 0 Å². The van der Waals surface area contributed by atoms with Gasteiger partial charge >= 0.3 is 0 Å². The molecule has 0 amide bonds. The third-order valence-electron chi connectivity index (χ3n) is 2.84. The third kappa shape index (κ3) is 1.82. The van der Waals surface area contributed by atoms with Crippen molar-refractivity contribution in [2.75, 3.05) is 0 Å². The molecule has 18 heavy (non-hydrogen) atoms. The van der Waals surface area contributed by atoms with E-state index in [1.165, 1.54) is 10.4 Å². The first kappa shape index (κ1) is 11.1. The van der Waals surface area contributed by atoms with Crippen LogP contribution in [0.1, 0.15) is 10.4 Å². The first-order valence-electron chi connectivity index (χ1n) is 5.56. The van der Waals surface area contributed by atoms with E-state index in [0.717, 1.165) is 11.3 Å². The molecular weight excluding hydrogens is 246 g/mol. The van der Waals surface area contributed by atoms with Crippen LogP contribution in [-0.4, -0.2) is 15.1 Å². The number of nitrogens with zero attached hydrogens (tertiary/aromatic N) is 3. The Labute approximate surface area is 108 Å². The van der Waals surface area contributed by atoms with Gasteiger partial charge in [0.05, 0.1) is 5.56 Å². The standard InChI is InChI=1S/C13H11N3OS/c1-8-9(2)18-7-10(8)13-15-12(16-17-13)11-5-3-4-6-14-11/h3-7H,1-2H3. The second kappa shape index (κ2) is 4.34. The molecule has 0 N–H and O–H groups in total. The minimum Gasteiger partial charge on any atom is -0.334 e. The lowest BCUT2D eigenvalue weighted by molar-refractivity contribution is 0.432. The van der Waals surface area contributed by atoms with Gasteiger partial charge < -0.3 is 4.52 Å². The van der Waals surface area contributed by atoms with Gasteiger partial charge in [0.2, 0.25) is 5.82 Å². The maximum absolute atomic E-state index is 5.30. The Bertz CT molecular complexity index is 673. The van der Waals surface area contributed by atoms with Gasteiger partial charge in [-0.25, -0.2) is 0 Å². The second-order valence-corrected chi connectivity index (χ2v) is 5.05. The monoisotopic (exact) mass is 257 g/mol. The number of rotatable bonds is 2. The van der Waals surface area contributed by atoms with Gasteiger partial charge in [-0.15, -0.1) is 11.3 Å². The highest BCUT2D eigenvalue weighted by atomic mass is 32.1. The molecule has 3 aromatic heterocycles. The Morgan fingerprint density at radius 1 is 1.22 bits per heavy atom. The average Bonchev–Trinajstić information content (AvgIpc) is 3.00. The smallest absolute Gasteiger partial charge is 0.259 e. The van der Waals surface area contributed by atoms with Gasteiger partial charge in [-0.3, -0.25) is 4.98 Å². The van der Waals surface area contributed by atoms with Gasteiger partial charge in [-0.1, -0.05) is 11.2 Å². The van der Waals surface area contributed by atoms with Gasteiger partial charge in [-0.05, 0) is 31.5 Å². The lowest BCUT2D eigenvalue weighted by Gasteiger charge is -1.92. The number of aromatic nitrogens is 3. The molecule has 0 aliphatic carbocycles. The molecule has 0 atom stereocenters. The van der Waals surface area contributed by atoms with Crippen LogP contribution in [0.4, 0.5) is 0 Å². The van der Waals surface area contributed by atoms with E-state index in [-0.39, 0.29) is 0 Å². The van der Waals surface area contributed by atoms with Crippen molar-refractivity contribution in [1.82, 2.24) is 15.1 Å². The van der Waals surface area contributed by atoms with Gasteiger partial charge in [0, 0.05) is 16.5 Å². The van der Waals surface area contributed by atoms with E-state index in [1.807, 2.05) is 23.6 Å². The highest BCUT2D eigenvalue weighted by molar-refractivity contribution is 7.10. The molecule has 90 valence electrons. The fourth-order valence-corrected chi connectivity index (χ4v) is 2.52. The van der Waals surface area contributed by atoms with Crippen molar-refractivity contribution in [3.63, 3.8) is 0 Å². The van der Waals surface area contributed by atoms with E-state index in [0.29, 0.717) is 11.7 Å². The highest BCUT2D eigenvalue weighted by Gasteiger charge is 2.15. The van der Waals surface area contributed by atoms with Crippen LogP contribution in [0.3, 0.4) is 0 Å². The molecule has 0 aromatic carbocycles. The predicted molar refractivity (Wildman–Crippen MR) is 70.3 cm³/mol. The summed E-state index contributed by atoms with van der Waals surface area (Å²) in [7, 11) is 0. The van der Waals surface area contributed by atoms with Crippen molar-refractivity contribution >= 4 is 11.3 Å². The van der Waals surface area contributed by atoms with Crippen LogP contribution in [0, 0.1) is 13.8 Å². The summed E-state index contributed by atoms with van der Waals surface area (Å²) in [6, 6.07) is 5.62. The number of hydrogen-bond acceptors (Lipinski definition) is 5. The first-order chi connectivity index (χ1) is 8.75. The maximum Gasteiger partial charge on any atom is 0.259 e. The fourth-order valence-electron chi connectivity index (χ4n) is 1.66. The summed E-state index contributed by atoms with van der Waals surface area (Å²) < 4.78 is 5.30. The van der Waals surface area contributed by atoms with E-state index < -0.39 is 0 Å². The first-order valence-corrected chi connectivity index (χ1v) is 6.44. The molecule has 3 heterocycles. The summed E-state index contributed by atoms with van der Waals surface area (Å²) in [6.45, 7) is 4.14. The second-order valence-electron chi connectivity index (χ2n) is 3.97. The SMILES string of the molecule is Cc1scc(-c2nc(-c3ccccn3)no2)c1C. The lowest BCUT2D eigenvalue weighted by atomic mass is 10.2. The zero-order valence-electron chi connectivity index (χ0n) is 10.0. The zero-order valence-corrected chi connectivity index (χ0v) is 10.9. The van der Waals surface area contributed by atoms with Gasteiger partial charge in [0.15, 0.2) is 0 Å². The van der Waals surface area contributed by atoms with E-state index in [1.54, 1.807) is 17.5 Å². The van der Waals surface area contributed by atoms with Crippen molar-refractivity contribution in [3.8, 4) is 23.0 Å². The van der Waals surface area contributed by atoms with Crippen LogP contribution in [-0.2, 0) is 0 Å². The molecule has 0 aliphatic rings. The largest absolute Gasteiger partial charge is 0.334 e. The summed E-state index contributed by atoms with van der Waals surface area (Å²) >= 11 is 1.69. The topological polar surface area (TPSA) is 51.8 Å². The third-order valence-corrected chi connectivity index (χ3v) is 3.85. The molecular formula is C13H11N3OS. The summed E-state index contributed by atoms with van der Waals surface area (Å²) in [5, 5.41) is 6.01. The minimum atomic E-state index is 0.522. The van der Waals surface area contributed by atoms with Crippen molar-refractivity contribution in [2.45, 2.75) is 13.8 Å². The number of hydrogen-bond donors (Lipinski definition) is 0.